The molecule has 0 aliphatic rings. The quantitative estimate of drug-likeness (QED) is 0.371. The molecule has 0 radical (unpaired) electrons. The van der Waals surface area contributed by atoms with Crippen molar-refractivity contribution in [3.8, 4) is 0 Å². The molecule has 0 spiro atoms. The van der Waals surface area contributed by atoms with Crippen molar-refractivity contribution in [1.82, 2.24) is 0 Å². The van der Waals surface area contributed by atoms with Crippen molar-refractivity contribution in [2.45, 2.75) is 6.42 Å². The van der Waals surface area contributed by atoms with Crippen LogP contribution in [0.5, 0.6) is 0 Å². The van der Waals surface area contributed by atoms with Gasteiger partial charge in [0.1, 0.15) is 5.97 Å². The van der Waals surface area contributed by atoms with Gasteiger partial charge < -0.3 is 9.90 Å². The van der Waals surface area contributed by atoms with E-state index in [-0.39, 0.29) is 36.0 Å². The molecule has 1 heterocycles. The van der Waals surface area contributed by atoms with Gasteiger partial charge in [-0.2, -0.15) is 11.3 Å². The van der Waals surface area contributed by atoms with E-state index in [0.29, 0.717) is 0 Å². The summed E-state index contributed by atoms with van der Waals surface area (Å²) in [5.41, 5.74) is 0.726. The third-order valence-electron chi connectivity index (χ3n) is 1.17. The number of carboxylic acid groups (broad SMARTS) is 1. The molecule has 0 aliphatic heterocycles. The zero-order valence-electron chi connectivity index (χ0n) is 6.57. The molecule has 0 atom stereocenters. The Kier molecular flexibility index (Phi) is 5.41. The number of thiophene rings is 1. The molecule has 3 nitrogen and oxygen atoms in total. The first-order chi connectivity index (χ1) is 5.20. The zero-order chi connectivity index (χ0) is 8.27. The number of hydrogen-bond donors (Lipinski definition) is 0. The summed E-state index contributed by atoms with van der Waals surface area (Å²) in [5, 5.41) is 13.5. The first kappa shape index (κ1) is 11.8. The molecular formula is C7H5NaO3S. The van der Waals surface area contributed by atoms with Crippen molar-refractivity contribution >= 4 is 23.1 Å². The van der Waals surface area contributed by atoms with Crippen LogP contribution in [0.15, 0.2) is 16.8 Å². The molecule has 12 heavy (non-hydrogen) atoms. The van der Waals surface area contributed by atoms with Crippen LogP contribution < -0.4 is 34.7 Å². The largest absolute Gasteiger partial charge is 1.00 e. The van der Waals surface area contributed by atoms with Crippen molar-refractivity contribution in [1.29, 1.82) is 0 Å². The maximum atomic E-state index is 10.6. The summed E-state index contributed by atoms with van der Waals surface area (Å²) in [6, 6.07) is 1.71. The molecular weight excluding hydrogens is 187 g/mol. The van der Waals surface area contributed by atoms with E-state index in [1.807, 2.05) is 0 Å². The Morgan fingerprint density at radius 3 is 2.58 bits per heavy atom. The van der Waals surface area contributed by atoms with E-state index in [2.05, 4.69) is 0 Å². The van der Waals surface area contributed by atoms with Crippen LogP contribution in [0, 0.1) is 0 Å². The molecule has 58 valence electrons. The molecule has 1 rings (SSSR count). The number of aliphatic carboxylic acids is 1. The number of carboxylic acids is 1. The van der Waals surface area contributed by atoms with Gasteiger partial charge >= 0.3 is 29.6 Å². The Balaban J connectivity index is 0.00000121. The van der Waals surface area contributed by atoms with Crippen LogP contribution in [0.1, 0.15) is 5.56 Å². The SMILES string of the molecule is O=C([O-])C(=O)Cc1ccsc1.[Na+]. The molecule has 1 aromatic heterocycles. The third-order valence-corrected chi connectivity index (χ3v) is 1.90. The minimum Gasteiger partial charge on any atom is -0.542 e. The summed E-state index contributed by atoms with van der Waals surface area (Å²) in [5.74, 6) is -2.49. The van der Waals surface area contributed by atoms with Crippen LogP contribution in [0.2, 0.25) is 0 Å². The average molecular weight is 192 g/mol. The predicted molar refractivity (Wildman–Crippen MR) is 38.0 cm³/mol. The van der Waals surface area contributed by atoms with E-state index in [0.717, 1.165) is 5.56 Å². The van der Waals surface area contributed by atoms with Crippen LogP contribution in [0.4, 0.5) is 0 Å². The Bertz CT molecular complexity index is 268. The van der Waals surface area contributed by atoms with Gasteiger partial charge in [0.2, 0.25) is 0 Å². The fourth-order valence-electron chi connectivity index (χ4n) is 0.651. The Labute approximate surface area is 95.7 Å². The van der Waals surface area contributed by atoms with Crippen molar-refractivity contribution in [2.24, 2.45) is 0 Å². The Morgan fingerprint density at radius 2 is 2.17 bits per heavy atom. The minimum absolute atomic E-state index is 0. The van der Waals surface area contributed by atoms with Crippen LogP contribution in [0.3, 0.4) is 0 Å². The monoisotopic (exact) mass is 192 g/mol. The normalized spacial score (nSPS) is 8.67. The van der Waals surface area contributed by atoms with Crippen molar-refractivity contribution < 1.29 is 44.3 Å². The van der Waals surface area contributed by atoms with Crippen molar-refractivity contribution in [3.63, 3.8) is 0 Å². The molecule has 0 saturated heterocycles. The summed E-state index contributed by atoms with van der Waals surface area (Å²) in [6.45, 7) is 0. The molecule has 0 saturated carbocycles. The topological polar surface area (TPSA) is 57.2 Å². The van der Waals surface area contributed by atoms with E-state index < -0.39 is 11.8 Å². The second kappa shape index (κ2) is 5.48. The average Bonchev–Trinajstić information content (AvgIpc) is 2.39. The van der Waals surface area contributed by atoms with Gasteiger partial charge in [0, 0.05) is 6.42 Å². The first-order valence-electron chi connectivity index (χ1n) is 2.95. The molecule has 0 bridgehead atoms. The van der Waals surface area contributed by atoms with E-state index in [9.17, 15) is 14.7 Å². The van der Waals surface area contributed by atoms with Gasteiger partial charge in [0.15, 0.2) is 5.78 Å². The zero-order valence-corrected chi connectivity index (χ0v) is 9.39. The summed E-state index contributed by atoms with van der Waals surface area (Å²) < 4.78 is 0. The molecule has 0 aliphatic carbocycles. The summed E-state index contributed by atoms with van der Waals surface area (Å²) in [6.07, 6.45) is -0.0637. The van der Waals surface area contributed by atoms with Gasteiger partial charge in [-0.25, -0.2) is 0 Å². The molecule has 1 aromatic rings. The number of carbonyl (C=O) groups is 2. The van der Waals surface area contributed by atoms with E-state index in [4.69, 9.17) is 0 Å². The summed E-state index contributed by atoms with van der Waals surface area (Å²) in [4.78, 5) is 20.5. The van der Waals surface area contributed by atoms with Gasteiger partial charge in [-0.1, -0.05) is 0 Å². The second-order valence-electron chi connectivity index (χ2n) is 2.02. The van der Waals surface area contributed by atoms with Gasteiger partial charge in [0.05, 0.1) is 0 Å². The van der Waals surface area contributed by atoms with Gasteiger partial charge in [-0.15, -0.1) is 0 Å². The molecule has 5 heteroatoms. The minimum atomic E-state index is -1.61. The Morgan fingerprint density at radius 1 is 1.50 bits per heavy atom. The second-order valence-corrected chi connectivity index (χ2v) is 2.80. The Hall–Kier alpha value is -0.160. The fourth-order valence-corrected chi connectivity index (χ4v) is 1.32. The van der Waals surface area contributed by atoms with Crippen LogP contribution >= 0.6 is 11.3 Å². The maximum Gasteiger partial charge on any atom is 1.00 e. The van der Waals surface area contributed by atoms with Gasteiger partial charge in [0.25, 0.3) is 0 Å². The first-order valence-corrected chi connectivity index (χ1v) is 3.89. The van der Waals surface area contributed by atoms with Crippen LogP contribution in [-0.4, -0.2) is 11.8 Å². The third kappa shape index (κ3) is 3.49. The van der Waals surface area contributed by atoms with Crippen LogP contribution in [0.25, 0.3) is 0 Å². The molecule has 0 fully saturated rings. The molecule has 0 N–H and O–H groups in total. The predicted octanol–water partition coefficient (Wildman–Crippen LogP) is -3.39. The molecule has 0 amide bonds. The summed E-state index contributed by atoms with van der Waals surface area (Å²) >= 11 is 1.43. The number of ketones is 1. The van der Waals surface area contributed by atoms with Crippen molar-refractivity contribution in [3.05, 3.63) is 22.4 Å². The van der Waals surface area contributed by atoms with Crippen molar-refractivity contribution in [2.75, 3.05) is 0 Å². The van der Waals surface area contributed by atoms with Gasteiger partial charge in [-0.3, -0.25) is 4.79 Å². The maximum absolute atomic E-state index is 10.6. The smallest absolute Gasteiger partial charge is 0.542 e. The summed E-state index contributed by atoms with van der Waals surface area (Å²) in [7, 11) is 0. The number of Topliss-reactive ketones (excluding diaryl/α,β-unsaturated/α-hetero) is 1. The standard InChI is InChI=1S/C7H6O3S.Na/c8-6(7(9)10)3-5-1-2-11-4-5;/h1-2,4H,3H2,(H,9,10);/q;+1/p-1. The van der Waals surface area contributed by atoms with Gasteiger partial charge in [-0.05, 0) is 22.4 Å². The number of hydrogen-bond acceptors (Lipinski definition) is 4. The fraction of sp³-hybridized carbons (Fsp3) is 0.143. The van der Waals surface area contributed by atoms with Crippen LogP contribution in [-0.2, 0) is 16.0 Å². The van der Waals surface area contributed by atoms with E-state index in [1.54, 1.807) is 16.8 Å². The number of rotatable bonds is 3. The molecule has 0 unspecified atom stereocenters. The number of carbonyl (C=O) groups excluding carboxylic acids is 2. The van der Waals surface area contributed by atoms with E-state index >= 15 is 0 Å². The van der Waals surface area contributed by atoms with E-state index in [1.165, 1.54) is 11.3 Å². The molecule has 0 aromatic carbocycles.